The number of nitrogens with zero attached hydrogens (tertiary/aromatic N) is 2. The van der Waals surface area contributed by atoms with Crippen LogP contribution in [0.2, 0.25) is 0 Å². The van der Waals surface area contributed by atoms with Gasteiger partial charge in [0, 0.05) is 25.0 Å². The molecule has 0 aliphatic heterocycles. The van der Waals surface area contributed by atoms with Gasteiger partial charge in [-0.1, -0.05) is 12.1 Å². The fraction of sp³-hybridized carbons (Fsp3) is 0.286. The van der Waals surface area contributed by atoms with Crippen molar-refractivity contribution in [1.82, 2.24) is 9.78 Å². The van der Waals surface area contributed by atoms with E-state index >= 15 is 0 Å². The summed E-state index contributed by atoms with van der Waals surface area (Å²) in [4.78, 5) is 12.4. The Bertz CT molecular complexity index is 611. The molecule has 5 nitrogen and oxygen atoms in total. The SMILES string of the molecule is Cn1ccc(NC(=O)C2(c3ccc(N)cc3)CC2)n1. The second kappa shape index (κ2) is 4.12. The maximum atomic E-state index is 12.4. The number of anilines is 2. The van der Waals surface area contributed by atoms with Crippen LogP contribution in [0, 0.1) is 0 Å². The Morgan fingerprint density at radius 1 is 1.32 bits per heavy atom. The zero-order valence-electron chi connectivity index (χ0n) is 10.8. The highest BCUT2D eigenvalue weighted by molar-refractivity contribution is 6.00. The van der Waals surface area contributed by atoms with Crippen molar-refractivity contribution in [2.75, 3.05) is 11.1 Å². The lowest BCUT2D eigenvalue weighted by Crippen LogP contribution is -2.28. The highest BCUT2D eigenvalue weighted by atomic mass is 16.2. The molecule has 1 fully saturated rings. The molecule has 19 heavy (non-hydrogen) atoms. The minimum atomic E-state index is -0.398. The number of nitrogens with one attached hydrogen (secondary N) is 1. The maximum Gasteiger partial charge on any atom is 0.236 e. The molecule has 0 radical (unpaired) electrons. The van der Waals surface area contributed by atoms with Crippen molar-refractivity contribution in [3.8, 4) is 0 Å². The van der Waals surface area contributed by atoms with Crippen LogP contribution in [0.5, 0.6) is 0 Å². The Balaban J connectivity index is 1.81. The molecule has 1 aliphatic rings. The van der Waals surface area contributed by atoms with Gasteiger partial charge in [-0.05, 0) is 30.5 Å². The Morgan fingerprint density at radius 2 is 2.00 bits per heavy atom. The van der Waals surface area contributed by atoms with Crippen LogP contribution in [0.25, 0.3) is 0 Å². The molecule has 1 heterocycles. The third-order valence-corrected chi connectivity index (χ3v) is 3.60. The number of carbonyl (C=O) groups is 1. The highest BCUT2D eigenvalue weighted by Crippen LogP contribution is 2.49. The zero-order valence-corrected chi connectivity index (χ0v) is 10.8. The van der Waals surface area contributed by atoms with Crippen molar-refractivity contribution in [2.24, 2.45) is 7.05 Å². The van der Waals surface area contributed by atoms with Gasteiger partial charge in [0.1, 0.15) is 0 Å². The molecular weight excluding hydrogens is 240 g/mol. The first-order chi connectivity index (χ1) is 9.10. The van der Waals surface area contributed by atoms with E-state index in [1.807, 2.05) is 31.3 Å². The van der Waals surface area contributed by atoms with Gasteiger partial charge in [0.2, 0.25) is 5.91 Å². The van der Waals surface area contributed by atoms with E-state index in [4.69, 9.17) is 5.73 Å². The molecule has 2 aromatic rings. The number of hydrogen-bond donors (Lipinski definition) is 2. The minimum absolute atomic E-state index is 0.0102. The van der Waals surface area contributed by atoms with E-state index in [0.29, 0.717) is 11.5 Å². The van der Waals surface area contributed by atoms with Crippen LogP contribution in [-0.4, -0.2) is 15.7 Å². The van der Waals surface area contributed by atoms with Crippen LogP contribution >= 0.6 is 0 Å². The first-order valence-electron chi connectivity index (χ1n) is 6.27. The number of benzene rings is 1. The van der Waals surface area contributed by atoms with Crippen molar-refractivity contribution >= 4 is 17.4 Å². The number of carbonyl (C=O) groups excluding carboxylic acids is 1. The summed E-state index contributed by atoms with van der Waals surface area (Å²) in [6, 6.07) is 9.32. The Morgan fingerprint density at radius 3 is 2.53 bits per heavy atom. The minimum Gasteiger partial charge on any atom is -0.399 e. The number of aromatic nitrogens is 2. The molecule has 5 heteroatoms. The molecule has 3 rings (SSSR count). The lowest BCUT2D eigenvalue weighted by Gasteiger charge is -2.14. The number of nitrogens with two attached hydrogens (primary N) is 1. The molecule has 0 atom stereocenters. The predicted molar refractivity (Wildman–Crippen MR) is 73.6 cm³/mol. The normalized spacial score (nSPS) is 16.1. The van der Waals surface area contributed by atoms with E-state index in [1.165, 1.54) is 0 Å². The van der Waals surface area contributed by atoms with Gasteiger partial charge < -0.3 is 11.1 Å². The largest absolute Gasteiger partial charge is 0.399 e. The number of amides is 1. The number of nitrogen functional groups attached to an aromatic ring is 1. The van der Waals surface area contributed by atoms with Crippen LogP contribution < -0.4 is 11.1 Å². The molecule has 1 aromatic heterocycles. The van der Waals surface area contributed by atoms with E-state index in [1.54, 1.807) is 16.9 Å². The zero-order chi connectivity index (χ0) is 13.5. The fourth-order valence-corrected chi connectivity index (χ4v) is 2.29. The molecule has 0 spiro atoms. The average Bonchev–Trinajstić information content (AvgIpc) is 3.10. The fourth-order valence-electron chi connectivity index (χ4n) is 2.29. The van der Waals surface area contributed by atoms with Gasteiger partial charge in [-0.2, -0.15) is 5.10 Å². The monoisotopic (exact) mass is 256 g/mol. The molecule has 98 valence electrons. The van der Waals surface area contributed by atoms with Crippen LogP contribution in [-0.2, 0) is 17.3 Å². The molecule has 1 amide bonds. The lowest BCUT2D eigenvalue weighted by atomic mass is 9.95. The summed E-state index contributed by atoms with van der Waals surface area (Å²) in [5.41, 5.74) is 7.02. The molecule has 0 unspecified atom stereocenters. The van der Waals surface area contributed by atoms with Gasteiger partial charge in [0.15, 0.2) is 5.82 Å². The molecule has 0 bridgehead atoms. The third kappa shape index (κ3) is 2.07. The molecule has 1 aromatic carbocycles. The van der Waals surface area contributed by atoms with Gasteiger partial charge >= 0.3 is 0 Å². The quantitative estimate of drug-likeness (QED) is 0.820. The molecular formula is C14H16N4O. The summed E-state index contributed by atoms with van der Waals surface area (Å²) < 4.78 is 1.67. The number of rotatable bonds is 3. The smallest absolute Gasteiger partial charge is 0.236 e. The van der Waals surface area contributed by atoms with E-state index in [-0.39, 0.29) is 5.91 Å². The molecule has 1 saturated carbocycles. The summed E-state index contributed by atoms with van der Waals surface area (Å²) in [6.45, 7) is 0. The van der Waals surface area contributed by atoms with E-state index < -0.39 is 5.41 Å². The summed E-state index contributed by atoms with van der Waals surface area (Å²) in [5.74, 6) is 0.602. The Labute approximate surface area is 111 Å². The van der Waals surface area contributed by atoms with Crippen LogP contribution in [0.1, 0.15) is 18.4 Å². The molecule has 3 N–H and O–H groups in total. The van der Waals surface area contributed by atoms with Crippen molar-refractivity contribution in [3.63, 3.8) is 0 Å². The second-order valence-corrected chi connectivity index (χ2v) is 5.03. The van der Waals surface area contributed by atoms with E-state index in [0.717, 1.165) is 18.4 Å². The standard InChI is InChI=1S/C14H16N4O/c1-18-9-6-12(17-18)16-13(19)14(7-8-14)10-2-4-11(15)5-3-10/h2-6,9H,7-8,15H2,1H3,(H,16,17,19). The van der Waals surface area contributed by atoms with Crippen molar-refractivity contribution in [2.45, 2.75) is 18.3 Å². The van der Waals surface area contributed by atoms with E-state index in [2.05, 4.69) is 10.4 Å². The highest BCUT2D eigenvalue weighted by Gasteiger charge is 2.51. The predicted octanol–water partition coefficient (Wildman–Crippen LogP) is 1.67. The van der Waals surface area contributed by atoms with Gasteiger partial charge in [-0.15, -0.1) is 0 Å². The summed E-state index contributed by atoms with van der Waals surface area (Å²) in [5, 5.41) is 7.04. The Kier molecular flexibility index (Phi) is 2.55. The summed E-state index contributed by atoms with van der Waals surface area (Å²) in [6.07, 6.45) is 3.55. The van der Waals surface area contributed by atoms with Gasteiger partial charge in [0.05, 0.1) is 5.41 Å². The molecule has 0 saturated heterocycles. The third-order valence-electron chi connectivity index (χ3n) is 3.60. The second-order valence-electron chi connectivity index (χ2n) is 5.03. The van der Waals surface area contributed by atoms with Gasteiger partial charge in [-0.3, -0.25) is 9.48 Å². The van der Waals surface area contributed by atoms with Crippen LogP contribution in [0.4, 0.5) is 11.5 Å². The van der Waals surface area contributed by atoms with E-state index in [9.17, 15) is 4.79 Å². The van der Waals surface area contributed by atoms with Gasteiger partial charge in [0.25, 0.3) is 0 Å². The Hall–Kier alpha value is -2.30. The summed E-state index contributed by atoms with van der Waals surface area (Å²) >= 11 is 0. The van der Waals surface area contributed by atoms with Gasteiger partial charge in [-0.25, -0.2) is 0 Å². The maximum absolute atomic E-state index is 12.4. The van der Waals surface area contributed by atoms with Crippen LogP contribution in [0.15, 0.2) is 36.5 Å². The lowest BCUT2D eigenvalue weighted by molar-refractivity contribution is -0.118. The van der Waals surface area contributed by atoms with Crippen LogP contribution in [0.3, 0.4) is 0 Å². The first-order valence-corrected chi connectivity index (χ1v) is 6.27. The average molecular weight is 256 g/mol. The summed E-state index contributed by atoms with van der Waals surface area (Å²) in [7, 11) is 1.82. The number of aryl methyl sites for hydroxylation is 1. The first kappa shape index (κ1) is 11.8. The molecule has 1 aliphatic carbocycles. The topological polar surface area (TPSA) is 72.9 Å². The number of hydrogen-bond acceptors (Lipinski definition) is 3. The van der Waals surface area contributed by atoms with Crippen molar-refractivity contribution in [1.29, 1.82) is 0 Å². The van der Waals surface area contributed by atoms with Crippen molar-refractivity contribution in [3.05, 3.63) is 42.1 Å². The van der Waals surface area contributed by atoms with Crippen molar-refractivity contribution < 1.29 is 4.79 Å².